The summed E-state index contributed by atoms with van der Waals surface area (Å²) in [7, 11) is 0. The summed E-state index contributed by atoms with van der Waals surface area (Å²) in [6, 6.07) is 9.64. The first kappa shape index (κ1) is 8.97. The second-order valence-corrected chi connectivity index (χ2v) is 2.52. The second kappa shape index (κ2) is 4.70. The van der Waals surface area contributed by atoms with E-state index < -0.39 is 6.10 Å². The predicted octanol–water partition coefficient (Wildman–Crippen LogP) is 1.05. The van der Waals surface area contributed by atoms with Crippen LogP contribution in [0, 0.1) is 0 Å². The molecule has 1 aromatic rings. The Bertz CT molecular complexity index is 241. The molecule has 0 saturated carbocycles. The van der Waals surface area contributed by atoms with E-state index in [4.69, 9.17) is 10.2 Å². The summed E-state index contributed by atoms with van der Waals surface area (Å²) in [5.41, 5.74) is 1.02. The highest BCUT2D eigenvalue weighted by molar-refractivity contribution is 5.49. The Morgan fingerprint density at radius 2 is 1.92 bits per heavy atom. The van der Waals surface area contributed by atoms with E-state index in [0.717, 1.165) is 5.56 Å². The maximum Gasteiger partial charge on any atom is 0.0954 e. The smallest absolute Gasteiger partial charge is 0.0954 e. The molecular weight excluding hydrogens is 152 g/mol. The molecule has 0 amide bonds. The van der Waals surface area contributed by atoms with Crippen LogP contribution in [-0.2, 0) is 0 Å². The number of aliphatic hydroxyl groups is 2. The molecule has 1 atom stereocenters. The maximum absolute atomic E-state index is 8.98. The van der Waals surface area contributed by atoms with Crippen molar-refractivity contribution in [3.8, 4) is 0 Å². The third-order valence-electron chi connectivity index (χ3n) is 1.50. The van der Waals surface area contributed by atoms with Crippen molar-refractivity contribution in [2.24, 2.45) is 0 Å². The van der Waals surface area contributed by atoms with Gasteiger partial charge in [-0.05, 0) is 5.56 Å². The summed E-state index contributed by atoms with van der Waals surface area (Å²) in [5, 5.41) is 17.5. The molecule has 0 radical (unpaired) electrons. The van der Waals surface area contributed by atoms with Crippen molar-refractivity contribution in [2.45, 2.75) is 6.10 Å². The Balaban J connectivity index is 2.58. The lowest BCUT2D eigenvalue weighted by molar-refractivity contribution is 0.131. The van der Waals surface area contributed by atoms with Crippen molar-refractivity contribution in [1.29, 1.82) is 0 Å². The Kier molecular flexibility index (Phi) is 3.51. The molecule has 0 aromatic heterocycles. The van der Waals surface area contributed by atoms with E-state index in [9.17, 15) is 0 Å². The highest BCUT2D eigenvalue weighted by Crippen LogP contribution is 2.01. The molecule has 1 unspecified atom stereocenters. The van der Waals surface area contributed by atoms with Crippen LogP contribution < -0.4 is 0 Å². The Morgan fingerprint density at radius 3 is 2.50 bits per heavy atom. The molecular formula is C10H12O2. The van der Waals surface area contributed by atoms with Crippen LogP contribution in [-0.4, -0.2) is 22.9 Å². The van der Waals surface area contributed by atoms with Crippen LogP contribution in [0.3, 0.4) is 0 Å². The summed E-state index contributed by atoms with van der Waals surface area (Å²) in [4.78, 5) is 0. The zero-order valence-electron chi connectivity index (χ0n) is 6.72. The van der Waals surface area contributed by atoms with E-state index >= 15 is 0 Å². The molecule has 64 valence electrons. The van der Waals surface area contributed by atoms with Crippen molar-refractivity contribution in [2.75, 3.05) is 6.61 Å². The highest BCUT2D eigenvalue weighted by Gasteiger charge is 1.92. The minimum Gasteiger partial charge on any atom is -0.393 e. The number of benzene rings is 1. The van der Waals surface area contributed by atoms with Gasteiger partial charge in [0, 0.05) is 0 Å². The van der Waals surface area contributed by atoms with Crippen LogP contribution in [0.4, 0.5) is 0 Å². The van der Waals surface area contributed by atoms with Gasteiger partial charge in [-0.2, -0.15) is 0 Å². The van der Waals surface area contributed by atoms with Crippen molar-refractivity contribution < 1.29 is 10.2 Å². The lowest BCUT2D eigenvalue weighted by atomic mass is 10.2. The molecule has 0 aliphatic carbocycles. The molecule has 0 heterocycles. The fourth-order valence-corrected chi connectivity index (χ4v) is 0.847. The van der Waals surface area contributed by atoms with Gasteiger partial charge in [0.05, 0.1) is 12.7 Å². The van der Waals surface area contributed by atoms with Crippen LogP contribution in [0.5, 0.6) is 0 Å². The third-order valence-corrected chi connectivity index (χ3v) is 1.50. The molecule has 12 heavy (non-hydrogen) atoms. The van der Waals surface area contributed by atoms with Gasteiger partial charge in [-0.25, -0.2) is 0 Å². The fourth-order valence-electron chi connectivity index (χ4n) is 0.847. The zero-order chi connectivity index (χ0) is 8.81. The molecule has 0 saturated heterocycles. The monoisotopic (exact) mass is 164 g/mol. The molecule has 0 aliphatic heterocycles. The van der Waals surface area contributed by atoms with Gasteiger partial charge in [0.2, 0.25) is 0 Å². The van der Waals surface area contributed by atoms with Gasteiger partial charge in [0.25, 0.3) is 0 Å². The highest BCUT2D eigenvalue weighted by atomic mass is 16.3. The van der Waals surface area contributed by atoms with Crippen LogP contribution in [0.1, 0.15) is 5.56 Å². The first-order chi connectivity index (χ1) is 5.83. The largest absolute Gasteiger partial charge is 0.393 e. The van der Waals surface area contributed by atoms with E-state index in [0.29, 0.717) is 0 Å². The molecule has 2 nitrogen and oxygen atoms in total. The topological polar surface area (TPSA) is 40.5 Å². The first-order valence-corrected chi connectivity index (χ1v) is 3.85. The van der Waals surface area contributed by atoms with Gasteiger partial charge < -0.3 is 10.2 Å². The SMILES string of the molecule is OCC(O)/C=C/c1ccccc1. The summed E-state index contributed by atoms with van der Waals surface area (Å²) in [5.74, 6) is 0. The quantitative estimate of drug-likeness (QED) is 0.701. The van der Waals surface area contributed by atoms with E-state index in [1.165, 1.54) is 0 Å². The molecule has 2 N–H and O–H groups in total. The van der Waals surface area contributed by atoms with Gasteiger partial charge in [0.15, 0.2) is 0 Å². The zero-order valence-corrected chi connectivity index (χ0v) is 6.72. The molecule has 0 fully saturated rings. The Hall–Kier alpha value is -1.12. The van der Waals surface area contributed by atoms with E-state index in [2.05, 4.69) is 0 Å². The first-order valence-electron chi connectivity index (χ1n) is 3.85. The average Bonchev–Trinajstić information content (AvgIpc) is 2.16. The fraction of sp³-hybridized carbons (Fsp3) is 0.200. The predicted molar refractivity (Wildman–Crippen MR) is 48.6 cm³/mol. The van der Waals surface area contributed by atoms with Crippen molar-refractivity contribution >= 4 is 6.08 Å². The van der Waals surface area contributed by atoms with Gasteiger partial charge >= 0.3 is 0 Å². The third kappa shape index (κ3) is 2.86. The van der Waals surface area contributed by atoms with Crippen molar-refractivity contribution in [3.05, 3.63) is 42.0 Å². The minimum absolute atomic E-state index is 0.233. The lowest BCUT2D eigenvalue weighted by Crippen LogP contribution is -2.06. The molecule has 0 spiro atoms. The number of aliphatic hydroxyl groups excluding tert-OH is 2. The van der Waals surface area contributed by atoms with E-state index in [1.54, 1.807) is 12.2 Å². The summed E-state index contributed by atoms with van der Waals surface area (Å²) in [6.45, 7) is -0.233. The van der Waals surface area contributed by atoms with Crippen LogP contribution in [0.2, 0.25) is 0 Å². The van der Waals surface area contributed by atoms with Gasteiger partial charge in [-0.15, -0.1) is 0 Å². The average molecular weight is 164 g/mol. The Labute approximate surface area is 71.8 Å². The van der Waals surface area contributed by atoms with Gasteiger partial charge in [0.1, 0.15) is 0 Å². The summed E-state index contributed by atoms with van der Waals surface area (Å²) < 4.78 is 0. The second-order valence-electron chi connectivity index (χ2n) is 2.52. The number of hydrogen-bond donors (Lipinski definition) is 2. The molecule has 2 heteroatoms. The molecule has 0 bridgehead atoms. The van der Waals surface area contributed by atoms with Crippen molar-refractivity contribution in [1.82, 2.24) is 0 Å². The van der Waals surface area contributed by atoms with Crippen LogP contribution in [0.25, 0.3) is 6.08 Å². The number of rotatable bonds is 3. The molecule has 0 aliphatic rings. The van der Waals surface area contributed by atoms with Crippen LogP contribution in [0.15, 0.2) is 36.4 Å². The maximum atomic E-state index is 8.98. The van der Waals surface area contributed by atoms with E-state index in [-0.39, 0.29) is 6.61 Å². The van der Waals surface area contributed by atoms with E-state index in [1.807, 2.05) is 30.3 Å². The normalized spacial score (nSPS) is 13.5. The summed E-state index contributed by atoms with van der Waals surface area (Å²) in [6.07, 6.45) is 2.58. The number of hydrogen-bond acceptors (Lipinski definition) is 2. The van der Waals surface area contributed by atoms with Gasteiger partial charge in [-0.3, -0.25) is 0 Å². The summed E-state index contributed by atoms with van der Waals surface area (Å²) >= 11 is 0. The Morgan fingerprint density at radius 1 is 1.25 bits per heavy atom. The lowest BCUT2D eigenvalue weighted by Gasteiger charge is -1.97. The van der Waals surface area contributed by atoms with Crippen LogP contribution >= 0.6 is 0 Å². The molecule has 1 aromatic carbocycles. The standard InChI is InChI=1S/C10H12O2/c11-8-10(12)7-6-9-4-2-1-3-5-9/h1-7,10-12H,8H2/b7-6+. The molecule has 1 rings (SSSR count). The van der Waals surface area contributed by atoms with Crippen molar-refractivity contribution in [3.63, 3.8) is 0 Å². The minimum atomic E-state index is -0.759. The van der Waals surface area contributed by atoms with Gasteiger partial charge in [-0.1, -0.05) is 42.5 Å².